The van der Waals surface area contributed by atoms with Crippen molar-refractivity contribution in [3.63, 3.8) is 0 Å². The number of fused-ring (bicyclic) bond motifs is 8. The number of allylic oxidation sites excluding steroid dienone is 4. The lowest BCUT2D eigenvalue weighted by molar-refractivity contribution is 1.01. The summed E-state index contributed by atoms with van der Waals surface area (Å²) in [5.41, 5.74) is 13.4. The van der Waals surface area contributed by atoms with Gasteiger partial charge in [-0.1, -0.05) is 145 Å². The molecule has 12 rings (SSSR count). The molecule has 0 fully saturated rings. The Labute approximate surface area is 346 Å². The van der Waals surface area contributed by atoms with E-state index in [2.05, 4.69) is 204 Å². The van der Waals surface area contributed by atoms with Gasteiger partial charge >= 0.3 is 0 Å². The van der Waals surface area contributed by atoms with E-state index in [-0.39, 0.29) is 0 Å². The van der Waals surface area contributed by atoms with E-state index in [9.17, 15) is 0 Å². The highest BCUT2D eigenvalue weighted by atomic mass is 32.2. The van der Waals surface area contributed by atoms with Crippen LogP contribution in [-0.2, 0) is 0 Å². The Kier molecular flexibility index (Phi) is 7.88. The predicted molar refractivity (Wildman–Crippen MR) is 247 cm³/mol. The van der Waals surface area contributed by atoms with E-state index in [4.69, 9.17) is 9.97 Å². The van der Waals surface area contributed by atoms with E-state index < -0.39 is 0 Å². The molecule has 1 aliphatic carbocycles. The molecule has 1 aliphatic heterocycles. The van der Waals surface area contributed by atoms with Crippen LogP contribution in [-0.4, -0.2) is 14.5 Å². The Balaban J connectivity index is 1.09. The molecule has 3 heterocycles. The van der Waals surface area contributed by atoms with Gasteiger partial charge in [-0.15, -0.1) is 0 Å². The first-order valence-corrected chi connectivity index (χ1v) is 21.0. The van der Waals surface area contributed by atoms with Crippen molar-refractivity contribution in [2.75, 3.05) is 4.90 Å². The SMILES string of the molecule is C1=CC(c2cccc(-c3nc(-n4c5cccc(-c6ccc7c(c6)Sc6ccccc6N7c6ccccc6)c5c5c6ccccc6ccc54)nc4ccccc34)c2)=CCC1. The Morgan fingerprint density at radius 3 is 2.20 bits per heavy atom. The van der Waals surface area contributed by atoms with Crippen LogP contribution >= 0.6 is 11.8 Å². The second-order valence-electron chi connectivity index (χ2n) is 15.2. The molecule has 278 valence electrons. The molecule has 5 heteroatoms. The third-order valence-corrected chi connectivity index (χ3v) is 12.9. The smallest absolute Gasteiger partial charge is 0.235 e. The highest BCUT2D eigenvalue weighted by Gasteiger charge is 2.26. The quantitative estimate of drug-likeness (QED) is 0.174. The maximum Gasteiger partial charge on any atom is 0.235 e. The molecule has 2 aliphatic rings. The third-order valence-electron chi connectivity index (χ3n) is 11.8. The van der Waals surface area contributed by atoms with E-state index in [0.29, 0.717) is 5.95 Å². The molecule has 4 nitrogen and oxygen atoms in total. The summed E-state index contributed by atoms with van der Waals surface area (Å²) in [7, 11) is 0. The summed E-state index contributed by atoms with van der Waals surface area (Å²) in [5.74, 6) is 0.657. The van der Waals surface area contributed by atoms with Crippen molar-refractivity contribution in [3.05, 3.63) is 200 Å². The molecule has 0 spiro atoms. The molecule has 0 saturated heterocycles. The summed E-state index contributed by atoms with van der Waals surface area (Å²) in [5, 5.41) is 5.84. The standard InChI is InChI=1S/C54H36N4S/c1-3-15-35(16-4-1)37-18-13-19-39(33-37)53-43-23-9-10-25-44(43)55-54(56-53)58-47-27-14-24-42(52(47)51-41-22-8-7-17-36(41)29-32-48(51)58)38-30-31-46-50(34-38)59-49-28-12-11-26-45(49)57(46)40-20-5-2-6-21-40/h2-3,5-34H,1,4H2. The Morgan fingerprint density at radius 1 is 0.508 bits per heavy atom. The number of aromatic nitrogens is 3. The lowest BCUT2D eigenvalue weighted by atomic mass is 9.96. The van der Waals surface area contributed by atoms with Crippen LogP contribution in [0.2, 0.25) is 0 Å². The van der Waals surface area contributed by atoms with E-state index in [0.717, 1.165) is 51.7 Å². The largest absolute Gasteiger partial charge is 0.308 e. The summed E-state index contributed by atoms with van der Waals surface area (Å²) in [6, 6.07) is 63.5. The normalized spacial score (nSPS) is 13.6. The fourth-order valence-corrected chi connectivity index (χ4v) is 10.2. The second kappa shape index (κ2) is 13.7. The van der Waals surface area contributed by atoms with Gasteiger partial charge in [-0.3, -0.25) is 4.57 Å². The first-order chi connectivity index (χ1) is 29.3. The van der Waals surface area contributed by atoms with Crippen LogP contribution in [0.25, 0.3) is 77.4 Å². The summed E-state index contributed by atoms with van der Waals surface area (Å²) in [6.07, 6.45) is 8.99. The maximum absolute atomic E-state index is 5.50. The first-order valence-electron chi connectivity index (χ1n) is 20.2. The van der Waals surface area contributed by atoms with Crippen LogP contribution in [0, 0.1) is 0 Å². The minimum absolute atomic E-state index is 0.657. The van der Waals surface area contributed by atoms with Crippen LogP contribution in [0.4, 0.5) is 17.1 Å². The van der Waals surface area contributed by atoms with E-state index in [1.165, 1.54) is 65.0 Å². The molecule has 8 aromatic carbocycles. The molecule has 10 aromatic rings. The van der Waals surface area contributed by atoms with Crippen molar-refractivity contribution >= 4 is 77.9 Å². The molecule has 0 N–H and O–H groups in total. The van der Waals surface area contributed by atoms with Crippen LogP contribution in [0.5, 0.6) is 0 Å². The minimum Gasteiger partial charge on any atom is -0.308 e. The van der Waals surface area contributed by atoms with Gasteiger partial charge in [-0.2, -0.15) is 0 Å². The molecule has 0 unspecified atom stereocenters. The predicted octanol–water partition coefficient (Wildman–Crippen LogP) is 14.9. The molecule has 2 aromatic heterocycles. The van der Waals surface area contributed by atoms with Gasteiger partial charge in [0, 0.05) is 37.2 Å². The van der Waals surface area contributed by atoms with Gasteiger partial charge in [0.1, 0.15) is 0 Å². The average molecular weight is 773 g/mol. The highest BCUT2D eigenvalue weighted by Crippen LogP contribution is 2.53. The van der Waals surface area contributed by atoms with Crippen LogP contribution < -0.4 is 4.90 Å². The fourth-order valence-electron chi connectivity index (χ4n) is 9.12. The monoisotopic (exact) mass is 772 g/mol. The number of anilines is 3. The van der Waals surface area contributed by atoms with Gasteiger partial charge in [-0.05, 0) is 107 Å². The minimum atomic E-state index is 0.657. The van der Waals surface area contributed by atoms with Crippen molar-refractivity contribution in [2.45, 2.75) is 22.6 Å². The summed E-state index contributed by atoms with van der Waals surface area (Å²) in [6.45, 7) is 0. The Bertz CT molecular complexity index is 3380. The maximum atomic E-state index is 5.50. The lowest BCUT2D eigenvalue weighted by Crippen LogP contribution is -2.14. The molecule has 59 heavy (non-hydrogen) atoms. The molecule has 0 atom stereocenters. The molecule has 0 radical (unpaired) electrons. The van der Waals surface area contributed by atoms with Crippen LogP contribution in [0.15, 0.2) is 204 Å². The molecular formula is C54H36N4S. The van der Waals surface area contributed by atoms with Crippen molar-refractivity contribution in [2.24, 2.45) is 0 Å². The van der Waals surface area contributed by atoms with Gasteiger partial charge < -0.3 is 4.90 Å². The number of para-hydroxylation sites is 3. The first kappa shape index (κ1) is 33.9. The third kappa shape index (κ3) is 5.54. The Hall–Kier alpha value is -7.21. The molecular weight excluding hydrogens is 737 g/mol. The number of hydrogen-bond acceptors (Lipinski definition) is 4. The summed E-state index contributed by atoms with van der Waals surface area (Å²) >= 11 is 1.84. The van der Waals surface area contributed by atoms with E-state index in [1.807, 2.05) is 11.8 Å². The van der Waals surface area contributed by atoms with Gasteiger partial charge in [0.05, 0.1) is 33.6 Å². The van der Waals surface area contributed by atoms with Gasteiger partial charge in [-0.25, -0.2) is 9.97 Å². The molecule has 0 saturated carbocycles. The topological polar surface area (TPSA) is 34.0 Å². The highest BCUT2D eigenvalue weighted by molar-refractivity contribution is 7.99. The summed E-state index contributed by atoms with van der Waals surface area (Å²) in [4.78, 5) is 15.7. The number of hydrogen-bond donors (Lipinski definition) is 0. The van der Waals surface area contributed by atoms with Crippen molar-refractivity contribution in [1.82, 2.24) is 14.5 Å². The molecule has 0 amide bonds. The van der Waals surface area contributed by atoms with E-state index >= 15 is 0 Å². The van der Waals surface area contributed by atoms with Crippen LogP contribution in [0.1, 0.15) is 18.4 Å². The second-order valence-corrected chi connectivity index (χ2v) is 16.3. The summed E-state index contributed by atoms with van der Waals surface area (Å²) < 4.78 is 2.29. The van der Waals surface area contributed by atoms with Crippen molar-refractivity contribution in [1.29, 1.82) is 0 Å². The fraction of sp³-hybridized carbons (Fsp3) is 0.0370. The zero-order valence-electron chi connectivity index (χ0n) is 32.1. The average Bonchev–Trinajstić information content (AvgIpc) is 3.66. The van der Waals surface area contributed by atoms with Gasteiger partial charge in [0.25, 0.3) is 0 Å². The van der Waals surface area contributed by atoms with E-state index in [1.54, 1.807) is 0 Å². The van der Waals surface area contributed by atoms with Crippen molar-refractivity contribution < 1.29 is 0 Å². The zero-order valence-corrected chi connectivity index (χ0v) is 32.9. The lowest BCUT2D eigenvalue weighted by Gasteiger charge is -2.33. The molecule has 0 bridgehead atoms. The van der Waals surface area contributed by atoms with Gasteiger partial charge in [0.15, 0.2) is 0 Å². The Morgan fingerprint density at radius 2 is 1.29 bits per heavy atom. The van der Waals surface area contributed by atoms with Crippen molar-refractivity contribution in [3.8, 4) is 28.3 Å². The number of rotatable bonds is 5. The zero-order chi connectivity index (χ0) is 38.9. The number of benzene rings is 8. The van der Waals surface area contributed by atoms with Crippen LogP contribution in [0.3, 0.4) is 0 Å². The number of nitrogens with zero attached hydrogens (tertiary/aromatic N) is 4. The van der Waals surface area contributed by atoms with Gasteiger partial charge in [0.2, 0.25) is 5.95 Å².